The van der Waals surface area contributed by atoms with Crippen molar-refractivity contribution in [3.05, 3.63) is 71.9 Å². The third kappa shape index (κ3) is 4.55. The molecule has 0 saturated carbocycles. The number of pyridine rings is 1. The molecule has 0 aliphatic carbocycles. The molecule has 0 unspecified atom stereocenters. The van der Waals surface area contributed by atoms with Gasteiger partial charge in [-0.15, -0.1) is 0 Å². The van der Waals surface area contributed by atoms with Crippen LogP contribution in [0, 0.1) is 12.8 Å². The maximum absolute atomic E-state index is 13.7. The highest BCUT2D eigenvalue weighted by atomic mass is 16.5. The van der Waals surface area contributed by atoms with Crippen molar-refractivity contribution in [1.29, 1.82) is 0 Å². The van der Waals surface area contributed by atoms with Crippen LogP contribution in [0.2, 0.25) is 0 Å². The van der Waals surface area contributed by atoms with E-state index >= 15 is 0 Å². The van der Waals surface area contributed by atoms with Gasteiger partial charge in [-0.25, -0.2) is 4.99 Å². The van der Waals surface area contributed by atoms with Crippen LogP contribution in [0.25, 0.3) is 11.1 Å². The first kappa shape index (κ1) is 24.8. The van der Waals surface area contributed by atoms with E-state index in [0.29, 0.717) is 23.7 Å². The predicted octanol–water partition coefficient (Wildman–Crippen LogP) is 3.19. The highest BCUT2D eigenvalue weighted by Gasteiger charge is 2.48. The second-order valence-corrected chi connectivity index (χ2v) is 10.3. The summed E-state index contributed by atoms with van der Waals surface area (Å²) in [5, 5.41) is 17.4. The molecule has 9 heteroatoms. The zero-order chi connectivity index (χ0) is 26.3. The zero-order valence-electron chi connectivity index (χ0n) is 21.4. The number of aryl methyl sites for hydroxylation is 1. The third-order valence-electron chi connectivity index (χ3n) is 7.23. The Balaban J connectivity index is 1.43. The molecule has 2 aliphatic heterocycles. The number of carbonyl (C=O) groups excluding carboxylic acids is 2. The molecule has 1 fully saturated rings. The van der Waals surface area contributed by atoms with Crippen molar-refractivity contribution >= 4 is 17.6 Å². The summed E-state index contributed by atoms with van der Waals surface area (Å²) < 4.78 is 5.44. The Labute approximate surface area is 215 Å². The van der Waals surface area contributed by atoms with Crippen LogP contribution in [0.4, 0.5) is 0 Å². The lowest BCUT2D eigenvalue weighted by molar-refractivity contribution is -0.134. The monoisotopic (exact) mass is 501 g/mol. The molecule has 9 nitrogen and oxygen atoms in total. The number of rotatable bonds is 6. The van der Waals surface area contributed by atoms with Crippen molar-refractivity contribution in [2.75, 3.05) is 6.54 Å². The molecule has 1 aromatic carbocycles. The van der Waals surface area contributed by atoms with Crippen LogP contribution in [0.1, 0.15) is 50.1 Å². The Morgan fingerprint density at radius 3 is 2.59 bits per heavy atom. The normalized spacial score (nSPS) is 24.3. The molecular weight excluding hydrogens is 470 g/mol. The summed E-state index contributed by atoms with van der Waals surface area (Å²) in [7, 11) is 0. The summed E-state index contributed by atoms with van der Waals surface area (Å²) in [5.74, 6) is -0.172. The van der Waals surface area contributed by atoms with Gasteiger partial charge in [0.1, 0.15) is 17.5 Å². The first-order valence-electron chi connectivity index (χ1n) is 12.5. The second kappa shape index (κ2) is 9.55. The number of aliphatic imine (C=N–C) groups is 1. The number of β-amino-alcohol motifs (C(OH)–C–C–N with tert-alkyl or cyclic N) is 1. The summed E-state index contributed by atoms with van der Waals surface area (Å²) in [6, 6.07) is 12.7. The molecule has 2 aliphatic rings. The molecule has 192 valence electrons. The van der Waals surface area contributed by atoms with Crippen molar-refractivity contribution in [3.63, 3.8) is 0 Å². The van der Waals surface area contributed by atoms with Crippen molar-refractivity contribution in [2.24, 2.45) is 10.9 Å². The van der Waals surface area contributed by atoms with E-state index in [0.717, 1.165) is 16.7 Å². The van der Waals surface area contributed by atoms with Crippen LogP contribution >= 0.6 is 0 Å². The molecule has 2 amide bonds. The molecule has 5 rings (SSSR count). The average Bonchev–Trinajstić information content (AvgIpc) is 3.57. The van der Waals surface area contributed by atoms with Gasteiger partial charge in [-0.2, -0.15) is 0 Å². The maximum atomic E-state index is 13.7. The highest BCUT2D eigenvalue weighted by Crippen LogP contribution is 2.35. The first-order chi connectivity index (χ1) is 17.7. The lowest BCUT2D eigenvalue weighted by Crippen LogP contribution is -2.48. The Bertz CT molecular complexity index is 1330. The number of hydrogen-bond acceptors (Lipinski definition) is 7. The van der Waals surface area contributed by atoms with Crippen LogP contribution in [-0.2, 0) is 15.1 Å². The molecule has 0 spiro atoms. The summed E-state index contributed by atoms with van der Waals surface area (Å²) in [5.41, 5.74) is 2.26. The molecule has 3 aromatic rings. The fraction of sp³-hybridized carbons (Fsp3) is 0.393. The van der Waals surface area contributed by atoms with Gasteiger partial charge in [0.2, 0.25) is 5.91 Å². The van der Waals surface area contributed by atoms with E-state index in [-0.39, 0.29) is 24.3 Å². The second-order valence-electron chi connectivity index (χ2n) is 10.3. The SMILES string of the molecule is Cc1cc([C@H](C(=O)N2C[C@H](O)C[C@H]2C2=N[C@](C)(c3ccc(-c4cccnc4)cc3)C(=O)N2)C(C)C)on1. The standard InChI is InChI=1S/C28H31N5O4/c1-16(2)24(23-12-17(3)32-37-23)26(35)33-15-21(34)13-22(33)25-30-27(36)28(4,31-25)20-9-7-18(8-10-20)19-6-5-11-29-14-19/h5-12,14,16,21-22,24,34H,13,15H2,1-4H3,(H,30,31,36)/t21-,22+,24-,28-/m1/s1. The lowest BCUT2D eigenvalue weighted by atomic mass is 9.91. The van der Waals surface area contributed by atoms with Gasteiger partial charge in [0.25, 0.3) is 5.91 Å². The number of aliphatic hydroxyl groups is 1. The number of aliphatic hydroxyl groups excluding tert-OH is 1. The molecule has 0 radical (unpaired) electrons. The number of nitrogens with one attached hydrogen (secondary N) is 1. The lowest BCUT2D eigenvalue weighted by Gasteiger charge is -2.29. The van der Waals surface area contributed by atoms with E-state index in [1.165, 1.54) is 0 Å². The van der Waals surface area contributed by atoms with Gasteiger partial charge in [-0.1, -0.05) is 49.3 Å². The Kier molecular flexibility index (Phi) is 6.41. The topological polar surface area (TPSA) is 121 Å². The van der Waals surface area contributed by atoms with Crippen molar-refractivity contribution in [3.8, 4) is 11.1 Å². The summed E-state index contributed by atoms with van der Waals surface area (Å²) in [6.45, 7) is 7.63. The third-order valence-corrected chi connectivity index (χ3v) is 7.23. The molecule has 37 heavy (non-hydrogen) atoms. The number of likely N-dealkylation sites (tertiary alicyclic amines) is 1. The van der Waals surface area contributed by atoms with E-state index in [1.54, 1.807) is 30.3 Å². The van der Waals surface area contributed by atoms with Crippen LogP contribution < -0.4 is 5.32 Å². The predicted molar refractivity (Wildman–Crippen MR) is 138 cm³/mol. The van der Waals surface area contributed by atoms with Gasteiger partial charge in [0.15, 0.2) is 5.54 Å². The number of benzene rings is 1. The summed E-state index contributed by atoms with van der Waals surface area (Å²) in [4.78, 5) is 37.6. The maximum Gasteiger partial charge on any atom is 0.257 e. The molecule has 4 atom stereocenters. The van der Waals surface area contributed by atoms with Crippen LogP contribution in [0.3, 0.4) is 0 Å². The number of nitrogens with zero attached hydrogens (tertiary/aromatic N) is 4. The smallest absolute Gasteiger partial charge is 0.257 e. The largest absolute Gasteiger partial charge is 0.391 e. The van der Waals surface area contributed by atoms with Gasteiger partial charge >= 0.3 is 0 Å². The van der Waals surface area contributed by atoms with Crippen LogP contribution in [0.5, 0.6) is 0 Å². The van der Waals surface area contributed by atoms with Gasteiger partial charge in [0.05, 0.1) is 17.8 Å². The van der Waals surface area contributed by atoms with E-state index in [2.05, 4.69) is 15.5 Å². The fourth-order valence-electron chi connectivity index (χ4n) is 5.19. The van der Waals surface area contributed by atoms with Crippen molar-refractivity contribution in [2.45, 2.75) is 57.7 Å². The molecular formula is C28H31N5O4. The Morgan fingerprint density at radius 1 is 1.22 bits per heavy atom. The zero-order valence-corrected chi connectivity index (χ0v) is 21.4. The molecule has 1 saturated heterocycles. The molecule has 2 N–H and O–H groups in total. The first-order valence-corrected chi connectivity index (χ1v) is 12.5. The minimum Gasteiger partial charge on any atom is -0.391 e. The van der Waals surface area contributed by atoms with Gasteiger partial charge in [-0.3, -0.25) is 14.6 Å². The average molecular weight is 502 g/mol. The van der Waals surface area contributed by atoms with Gasteiger partial charge in [0, 0.05) is 31.4 Å². The number of hydrogen-bond donors (Lipinski definition) is 2. The summed E-state index contributed by atoms with van der Waals surface area (Å²) in [6.07, 6.45) is 3.09. The van der Waals surface area contributed by atoms with E-state index < -0.39 is 23.6 Å². The van der Waals surface area contributed by atoms with E-state index in [1.807, 2.05) is 57.2 Å². The minimum absolute atomic E-state index is 0.0538. The van der Waals surface area contributed by atoms with Crippen molar-refractivity contribution in [1.82, 2.24) is 20.4 Å². The number of carbonyl (C=O) groups is 2. The van der Waals surface area contributed by atoms with E-state index in [9.17, 15) is 14.7 Å². The number of amidine groups is 1. The highest BCUT2D eigenvalue weighted by molar-refractivity contribution is 6.11. The number of aromatic nitrogens is 2. The minimum atomic E-state index is -1.15. The molecule has 0 bridgehead atoms. The summed E-state index contributed by atoms with van der Waals surface area (Å²) >= 11 is 0. The molecule has 4 heterocycles. The number of amides is 2. The van der Waals surface area contributed by atoms with Crippen LogP contribution in [-0.4, -0.2) is 56.5 Å². The Hall–Kier alpha value is -3.85. The fourth-order valence-corrected chi connectivity index (χ4v) is 5.19. The molecule has 2 aromatic heterocycles. The van der Waals surface area contributed by atoms with Gasteiger partial charge in [-0.05, 0) is 42.5 Å². The quantitative estimate of drug-likeness (QED) is 0.535. The van der Waals surface area contributed by atoms with Crippen LogP contribution in [0.15, 0.2) is 64.4 Å². The van der Waals surface area contributed by atoms with Crippen molar-refractivity contribution < 1.29 is 19.2 Å². The van der Waals surface area contributed by atoms with Gasteiger partial charge < -0.3 is 19.8 Å². The van der Waals surface area contributed by atoms with E-state index in [4.69, 9.17) is 9.52 Å². The Morgan fingerprint density at radius 2 is 1.97 bits per heavy atom.